The molecule has 2 N–H and O–H groups in total. The van der Waals surface area contributed by atoms with Crippen molar-refractivity contribution < 1.29 is 4.74 Å². The molecule has 2 aromatic rings. The molecule has 0 fully saturated rings. The van der Waals surface area contributed by atoms with E-state index >= 15 is 0 Å². The average Bonchev–Trinajstić information content (AvgIpc) is 2.46. The summed E-state index contributed by atoms with van der Waals surface area (Å²) in [6.45, 7) is 4.74. The van der Waals surface area contributed by atoms with Crippen molar-refractivity contribution in [2.75, 3.05) is 6.54 Å². The van der Waals surface area contributed by atoms with Crippen molar-refractivity contribution in [2.45, 2.75) is 32.3 Å². The zero-order valence-electron chi connectivity index (χ0n) is 12.3. The number of benzene rings is 2. The monoisotopic (exact) mass is 269 g/mol. The van der Waals surface area contributed by atoms with Crippen LogP contribution in [0.15, 0.2) is 54.6 Å². The van der Waals surface area contributed by atoms with Crippen molar-refractivity contribution in [3.63, 3.8) is 0 Å². The topological polar surface area (TPSA) is 35.2 Å². The van der Waals surface area contributed by atoms with Gasteiger partial charge in [0.1, 0.15) is 5.75 Å². The Morgan fingerprint density at radius 2 is 1.60 bits per heavy atom. The van der Waals surface area contributed by atoms with E-state index in [-0.39, 0.29) is 6.10 Å². The van der Waals surface area contributed by atoms with E-state index in [0.717, 1.165) is 12.2 Å². The molecule has 0 aromatic heterocycles. The quantitative estimate of drug-likeness (QED) is 0.866. The summed E-state index contributed by atoms with van der Waals surface area (Å²) in [7, 11) is 0. The summed E-state index contributed by atoms with van der Waals surface area (Å²) in [6.07, 6.45) is 1.09. The zero-order valence-corrected chi connectivity index (χ0v) is 12.3. The van der Waals surface area contributed by atoms with Crippen LogP contribution in [0.25, 0.3) is 0 Å². The van der Waals surface area contributed by atoms with Crippen LogP contribution in [0.3, 0.4) is 0 Å². The van der Waals surface area contributed by atoms with Crippen LogP contribution in [0.5, 0.6) is 5.75 Å². The van der Waals surface area contributed by atoms with Gasteiger partial charge in [0, 0.05) is 5.92 Å². The summed E-state index contributed by atoms with van der Waals surface area (Å²) in [5.74, 6) is 1.30. The van der Waals surface area contributed by atoms with Crippen molar-refractivity contribution >= 4 is 0 Å². The molecule has 0 radical (unpaired) electrons. The highest BCUT2D eigenvalue weighted by molar-refractivity contribution is 5.35. The molecule has 1 atom stereocenters. The lowest BCUT2D eigenvalue weighted by molar-refractivity contribution is 0.239. The lowest BCUT2D eigenvalue weighted by Gasteiger charge is -2.19. The second-order valence-corrected chi connectivity index (χ2v) is 5.32. The maximum Gasteiger partial charge on any atom is 0.122 e. The minimum Gasteiger partial charge on any atom is -0.491 e. The molecule has 0 bridgehead atoms. The molecule has 20 heavy (non-hydrogen) atoms. The molecule has 0 saturated carbocycles. The largest absolute Gasteiger partial charge is 0.491 e. The first-order valence-electron chi connectivity index (χ1n) is 7.20. The Bertz CT molecular complexity index is 522. The van der Waals surface area contributed by atoms with Crippen LogP contribution < -0.4 is 10.5 Å². The summed E-state index contributed by atoms with van der Waals surface area (Å²) in [6, 6.07) is 18.7. The van der Waals surface area contributed by atoms with Crippen molar-refractivity contribution in [1.29, 1.82) is 0 Å². The molecule has 2 heteroatoms. The average molecular weight is 269 g/mol. The van der Waals surface area contributed by atoms with E-state index < -0.39 is 0 Å². The summed E-state index contributed by atoms with van der Waals surface area (Å²) >= 11 is 0. The second-order valence-electron chi connectivity index (χ2n) is 5.32. The molecule has 0 heterocycles. The van der Waals surface area contributed by atoms with Gasteiger partial charge in [-0.05, 0) is 44.0 Å². The van der Waals surface area contributed by atoms with Crippen LogP contribution >= 0.6 is 0 Å². The molecule has 1 unspecified atom stereocenters. The van der Waals surface area contributed by atoms with Crippen molar-refractivity contribution in [3.8, 4) is 5.75 Å². The third kappa shape index (κ3) is 3.84. The van der Waals surface area contributed by atoms with Gasteiger partial charge in [-0.2, -0.15) is 0 Å². The first-order valence-corrected chi connectivity index (χ1v) is 7.20. The van der Waals surface area contributed by atoms with Crippen molar-refractivity contribution in [3.05, 3.63) is 65.7 Å². The lowest BCUT2D eigenvalue weighted by Crippen LogP contribution is -2.16. The van der Waals surface area contributed by atoms with E-state index in [9.17, 15) is 0 Å². The molecular formula is C18H23NO. The Labute approximate surface area is 121 Å². The summed E-state index contributed by atoms with van der Waals surface area (Å²) in [4.78, 5) is 0. The lowest BCUT2D eigenvalue weighted by atomic mass is 9.92. The highest BCUT2D eigenvalue weighted by Crippen LogP contribution is 2.26. The summed E-state index contributed by atoms with van der Waals surface area (Å²) in [5.41, 5.74) is 8.47. The molecule has 0 aliphatic carbocycles. The van der Waals surface area contributed by atoms with Gasteiger partial charge in [0.2, 0.25) is 0 Å². The molecule has 2 nitrogen and oxygen atoms in total. The van der Waals surface area contributed by atoms with E-state index in [1.54, 1.807) is 0 Å². The number of rotatable bonds is 6. The van der Waals surface area contributed by atoms with Gasteiger partial charge in [0.05, 0.1) is 6.10 Å². The van der Waals surface area contributed by atoms with Crippen LogP contribution in [0, 0.1) is 0 Å². The van der Waals surface area contributed by atoms with E-state index in [1.807, 2.05) is 32.0 Å². The molecule has 106 valence electrons. The van der Waals surface area contributed by atoms with E-state index in [1.165, 1.54) is 11.1 Å². The number of ether oxygens (including phenoxy) is 1. The fraction of sp³-hybridized carbons (Fsp3) is 0.333. The first kappa shape index (κ1) is 14.6. The second kappa shape index (κ2) is 7.11. The van der Waals surface area contributed by atoms with Gasteiger partial charge in [-0.15, -0.1) is 0 Å². The molecule has 0 spiro atoms. The summed E-state index contributed by atoms with van der Waals surface area (Å²) < 4.78 is 5.89. The Hall–Kier alpha value is -1.80. The van der Waals surface area contributed by atoms with Crippen LogP contribution in [0.4, 0.5) is 0 Å². The van der Waals surface area contributed by atoms with Crippen LogP contribution in [-0.4, -0.2) is 12.6 Å². The maximum absolute atomic E-state index is 5.96. The Morgan fingerprint density at radius 3 is 2.25 bits per heavy atom. The fourth-order valence-electron chi connectivity index (χ4n) is 2.37. The number of hydrogen-bond acceptors (Lipinski definition) is 2. The minimum atomic E-state index is 0.184. The van der Waals surface area contributed by atoms with Gasteiger partial charge in [0.25, 0.3) is 0 Å². The number of para-hydroxylation sites is 1. The molecule has 2 aromatic carbocycles. The van der Waals surface area contributed by atoms with Crippen LogP contribution in [0.1, 0.15) is 30.9 Å². The smallest absolute Gasteiger partial charge is 0.122 e. The van der Waals surface area contributed by atoms with Gasteiger partial charge >= 0.3 is 0 Å². The summed E-state index contributed by atoms with van der Waals surface area (Å²) in [5, 5.41) is 0. The van der Waals surface area contributed by atoms with E-state index in [0.29, 0.717) is 12.5 Å². The van der Waals surface area contributed by atoms with E-state index in [4.69, 9.17) is 10.5 Å². The Balaban J connectivity index is 2.20. The van der Waals surface area contributed by atoms with Gasteiger partial charge in [0.15, 0.2) is 0 Å². The SMILES string of the molecule is CC(C)Oc1ccccc1CC(CN)c1ccccc1. The van der Waals surface area contributed by atoms with E-state index in [2.05, 4.69) is 36.4 Å². The molecule has 0 aliphatic heterocycles. The van der Waals surface area contributed by atoms with Crippen molar-refractivity contribution in [2.24, 2.45) is 5.73 Å². The third-order valence-electron chi connectivity index (χ3n) is 3.36. The maximum atomic E-state index is 5.96. The van der Waals surface area contributed by atoms with Crippen molar-refractivity contribution in [1.82, 2.24) is 0 Å². The predicted molar refractivity (Wildman–Crippen MR) is 84.1 cm³/mol. The molecule has 0 aliphatic rings. The number of hydrogen-bond donors (Lipinski definition) is 1. The molecule has 2 rings (SSSR count). The van der Waals surface area contributed by atoms with Gasteiger partial charge in [-0.3, -0.25) is 0 Å². The van der Waals surface area contributed by atoms with Gasteiger partial charge < -0.3 is 10.5 Å². The van der Waals surface area contributed by atoms with Crippen LogP contribution in [-0.2, 0) is 6.42 Å². The van der Waals surface area contributed by atoms with Gasteiger partial charge in [-0.1, -0.05) is 48.5 Å². The predicted octanol–water partition coefficient (Wildman–Crippen LogP) is 3.76. The third-order valence-corrected chi connectivity index (χ3v) is 3.36. The minimum absolute atomic E-state index is 0.184. The van der Waals surface area contributed by atoms with Gasteiger partial charge in [-0.25, -0.2) is 0 Å². The Morgan fingerprint density at radius 1 is 0.950 bits per heavy atom. The molecule has 0 amide bonds. The normalized spacial score (nSPS) is 12.4. The number of nitrogens with two attached hydrogens (primary N) is 1. The highest BCUT2D eigenvalue weighted by atomic mass is 16.5. The Kier molecular flexibility index (Phi) is 5.19. The fourth-order valence-corrected chi connectivity index (χ4v) is 2.37. The standard InChI is InChI=1S/C18H23NO/c1-14(2)20-18-11-7-6-10-16(18)12-17(13-19)15-8-4-3-5-9-15/h3-11,14,17H,12-13,19H2,1-2H3. The van der Waals surface area contributed by atoms with Crippen LogP contribution in [0.2, 0.25) is 0 Å². The molecule has 0 saturated heterocycles. The highest BCUT2D eigenvalue weighted by Gasteiger charge is 2.13. The first-order chi connectivity index (χ1) is 9.70. The molecular weight excluding hydrogens is 246 g/mol. The zero-order chi connectivity index (χ0) is 14.4.